The standard InChI is InChI=1S/C19H32N4O2S/c1-4-20-19(22-16(2)10-14-26(3,24)25)21-11-13-23-12-9-17-7-5-6-8-18(17)15-23/h5-8,16H,4,9-15H2,1-3H3,(H2,20,21,22). The molecule has 0 amide bonds. The number of sulfone groups is 1. The number of nitrogens with zero attached hydrogens (tertiary/aromatic N) is 2. The number of hydrogen-bond donors (Lipinski definition) is 2. The highest BCUT2D eigenvalue weighted by molar-refractivity contribution is 7.90. The number of rotatable bonds is 8. The molecule has 7 heteroatoms. The first-order valence-corrected chi connectivity index (χ1v) is 11.4. The molecule has 0 saturated heterocycles. The van der Waals surface area contributed by atoms with Crippen LogP contribution in [0, 0.1) is 0 Å². The predicted molar refractivity (Wildman–Crippen MR) is 108 cm³/mol. The Labute approximate surface area is 158 Å². The fourth-order valence-corrected chi connectivity index (χ4v) is 3.85. The van der Waals surface area contributed by atoms with Gasteiger partial charge in [-0.1, -0.05) is 24.3 Å². The minimum atomic E-state index is -2.93. The van der Waals surface area contributed by atoms with Gasteiger partial charge in [-0.25, -0.2) is 8.42 Å². The highest BCUT2D eigenvalue weighted by Crippen LogP contribution is 2.17. The van der Waals surface area contributed by atoms with Crippen molar-refractivity contribution in [1.82, 2.24) is 15.5 Å². The highest BCUT2D eigenvalue weighted by atomic mass is 32.2. The van der Waals surface area contributed by atoms with Crippen LogP contribution in [0.1, 0.15) is 31.4 Å². The van der Waals surface area contributed by atoms with Gasteiger partial charge in [0.05, 0.1) is 12.3 Å². The molecule has 146 valence electrons. The molecule has 0 radical (unpaired) electrons. The Morgan fingerprint density at radius 2 is 2.04 bits per heavy atom. The van der Waals surface area contributed by atoms with Crippen molar-refractivity contribution in [2.45, 2.75) is 39.3 Å². The van der Waals surface area contributed by atoms with Crippen LogP contribution in [0.5, 0.6) is 0 Å². The SMILES string of the molecule is CCNC(=NCCN1CCc2ccccc2C1)NC(C)CCS(C)(=O)=O. The van der Waals surface area contributed by atoms with E-state index >= 15 is 0 Å². The van der Waals surface area contributed by atoms with Gasteiger partial charge in [-0.05, 0) is 37.8 Å². The second-order valence-electron chi connectivity index (χ2n) is 7.02. The molecule has 1 heterocycles. The molecule has 1 aromatic rings. The Hall–Kier alpha value is -1.60. The summed E-state index contributed by atoms with van der Waals surface area (Å²) >= 11 is 0. The third kappa shape index (κ3) is 7.33. The normalized spacial score (nSPS) is 16.8. The van der Waals surface area contributed by atoms with Gasteiger partial charge in [-0.15, -0.1) is 0 Å². The van der Waals surface area contributed by atoms with E-state index in [2.05, 4.69) is 44.8 Å². The van der Waals surface area contributed by atoms with Gasteiger partial charge in [0.1, 0.15) is 9.84 Å². The van der Waals surface area contributed by atoms with Crippen LogP contribution >= 0.6 is 0 Å². The topological polar surface area (TPSA) is 73.8 Å². The van der Waals surface area contributed by atoms with E-state index in [0.29, 0.717) is 6.42 Å². The van der Waals surface area contributed by atoms with Crippen molar-refractivity contribution in [3.05, 3.63) is 35.4 Å². The van der Waals surface area contributed by atoms with Gasteiger partial charge in [-0.2, -0.15) is 0 Å². The molecule has 6 nitrogen and oxygen atoms in total. The van der Waals surface area contributed by atoms with Crippen molar-refractivity contribution < 1.29 is 8.42 Å². The van der Waals surface area contributed by atoms with Crippen molar-refractivity contribution in [3.63, 3.8) is 0 Å². The summed E-state index contributed by atoms with van der Waals surface area (Å²) in [6, 6.07) is 8.70. The summed E-state index contributed by atoms with van der Waals surface area (Å²) in [7, 11) is -2.93. The molecular weight excluding hydrogens is 348 g/mol. The zero-order valence-corrected chi connectivity index (χ0v) is 17.0. The lowest BCUT2D eigenvalue weighted by atomic mass is 10.0. The maximum atomic E-state index is 11.3. The monoisotopic (exact) mass is 380 g/mol. The van der Waals surface area contributed by atoms with Crippen molar-refractivity contribution in [2.24, 2.45) is 4.99 Å². The van der Waals surface area contributed by atoms with Crippen LogP contribution in [0.15, 0.2) is 29.3 Å². The number of nitrogens with one attached hydrogen (secondary N) is 2. The molecule has 2 N–H and O–H groups in total. The van der Waals surface area contributed by atoms with Crippen LogP contribution in [0.3, 0.4) is 0 Å². The smallest absolute Gasteiger partial charge is 0.191 e. The van der Waals surface area contributed by atoms with E-state index in [1.165, 1.54) is 17.4 Å². The molecule has 0 bridgehead atoms. The largest absolute Gasteiger partial charge is 0.357 e. The molecule has 26 heavy (non-hydrogen) atoms. The average molecular weight is 381 g/mol. The molecular formula is C19H32N4O2S. The van der Waals surface area contributed by atoms with E-state index in [-0.39, 0.29) is 11.8 Å². The zero-order valence-electron chi connectivity index (χ0n) is 16.2. The van der Waals surface area contributed by atoms with Crippen LogP contribution in [0.2, 0.25) is 0 Å². The highest BCUT2D eigenvalue weighted by Gasteiger charge is 2.15. The Morgan fingerprint density at radius 3 is 2.73 bits per heavy atom. The van der Waals surface area contributed by atoms with E-state index in [1.807, 2.05) is 13.8 Å². The molecule has 1 aromatic carbocycles. The third-order valence-electron chi connectivity index (χ3n) is 4.54. The zero-order chi connectivity index (χ0) is 19.0. The van der Waals surface area contributed by atoms with Crippen LogP contribution in [-0.4, -0.2) is 63.5 Å². The van der Waals surface area contributed by atoms with Gasteiger partial charge in [-0.3, -0.25) is 9.89 Å². The van der Waals surface area contributed by atoms with Gasteiger partial charge < -0.3 is 10.6 Å². The summed E-state index contributed by atoms with van der Waals surface area (Å²) in [4.78, 5) is 7.08. The van der Waals surface area contributed by atoms with Crippen LogP contribution in [0.25, 0.3) is 0 Å². The van der Waals surface area contributed by atoms with Crippen LogP contribution in [-0.2, 0) is 22.8 Å². The van der Waals surface area contributed by atoms with E-state index in [0.717, 1.165) is 45.1 Å². The van der Waals surface area contributed by atoms with Gasteiger partial charge in [0, 0.05) is 38.5 Å². The number of benzene rings is 1. The summed E-state index contributed by atoms with van der Waals surface area (Å²) in [6.07, 6.45) is 2.95. The van der Waals surface area contributed by atoms with E-state index in [1.54, 1.807) is 0 Å². The number of aliphatic imine (C=N–C) groups is 1. The Bertz CT molecular complexity index is 703. The minimum absolute atomic E-state index is 0.0596. The molecule has 1 atom stereocenters. The van der Waals surface area contributed by atoms with Crippen LogP contribution < -0.4 is 10.6 Å². The van der Waals surface area contributed by atoms with E-state index in [4.69, 9.17) is 0 Å². The molecule has 0 aliphatic carbocycles. The fraction of sp³-hybridized carbons (Fsp3) is 0.632. The van der Waals surface area contributed by atoms with Gasteiger partial charge >= 0.3 is 0 Å². The maximum Gasteiger partial charge on any atom is 0.191 e. The van der Waals surface area contributed by atoms with Gasteiger partial charge in [0.2, 0.25) is 0 Å². The molecule has 1 unspecified atom stereocenters. The van der Waals surface area contributed by atoms with Crippen LogP contribution in [0.4, 0.5) is 0 Å². The Kier molecular flexibility index (Phi) is 7.90. The summed E-state index contributed by atoms with van der Waals surface area (Å²) in [6.45, 7) is 8.49. The maximum absolute atomic E-state index is 11.3. The van der Waals surface area contributed by atoms with Crippen molar-refractivity contribution in [2.75, 3.05) is 38.2 Å². The molecule has 2 rings (SSSR count). The Balaban J connectivity index is 1.81. The van der Waals surface area contributed by atoms with E-state index < -0.39 is 9.84 Å². The molecule has 0 saturated carbocycles. The molecule has 0 fully saturated rings. The minimum Gasteiger partial charge on any atom is -0.357 e. The van der Waals surface area contributed by atoms with Gasteiger partial charge in [0.25, 0.3) is 0 Å². The average Bonchev–Trinajstić information content (AvgIpc) is 2.59. The lowest BCUT2D eigenvalue weighted by Gasteiger charge is -2.28. The quantitative estimate of drug-likeness (QED) is 0.527. The summed E-state index contributed by atoms with van der Waals surface area (Å²) < 4.78 is 22.6. The lowest BCUT2D eigenvalue weighted by molar-refractivity contribution is 0.261. The van der Waals surface area contributed by atoms with Crippen molar-refractivity contribution >= 4 is 15.8 Å². The second-order valence-corrected chi connectivity index (χ2v) is 9.28. The number of guanidine groups is 1. The predicted octanol–water partition coefficient (Wildman–Crippen LogP) is 1.42. The first-order valence-electron chi connectivity index (χ1n) is 9.39. The first kappa shape index (κ1) is 20.7. The Morgan fingerprint density at radius 1 is 1.31 bits per heavy atom. The fourth-order valence-electron chi connectivity index (χ4n) is 3.06. The summed E-state index contributed by atoms with van der Waals surface area (Å²) in [5.41, 5.74) is 2.88. The van der Waals surface area contributed by atoms with Crippen molar-refractivity contribution in [1.29, 1.82) is 0 Å². The molecule has 0 aromatic heterocycles. The van der Waals surface area contributed by atoms with E-state index in [9.17, 15) is 8.42 Å². The lowest BCUT2D eigenvalue weighted by Crippen LogP contribution is -2.43. The first-order chi connectivity index (χ1) is 12.4. The number of hydrogen-bond acceptors (Lipinski definition) is 4. The second kappa shape index (κ2) is 9.92. The van der Waals surface area contributed by atoms with Crippen molar-refractivity contribution in [3.8, 4) is 0 Å². The molecule has 1 aliphatic heterocycles. The third-order valence-corrected chi connectivity index (χ3v) is 5.52. The van der Waals surface area contributed by atoms with Gasteiger partial charge in [0.15, 0.2) is 5.96 Å². The summed E-state index contributed by atoms with van der Waals surface area (Å²) in [5, 5.41) is 6.53. The molecule has 1 aliphatic rings. The summed E-state index contributed by atoms with van der Waals surface area (Å²) in [5.74, 6) is 0.944. The molecule has 0 spiro atoms. The number of fused-ring (bicyclic) bond motifs is 1.